The predicted molar refractivity (Wildman–Crippen MR) is 42.6 cm³/mol. The van der Waals surface area contributed by atoms with E-state index in [2.05, 4.69) is 41.7 Å². The van der Waals surface area contributed by atoms with Gasteiger partial charge in [0.2, 0.25) is 0 Å². The first-order valence-electron chi connectivity index (χ1n) is 2.49. The first-order valence-corrected chi connectivity index (χ1v) is 5.08. The molecule has 0 radical (unpaired) electrons. The van der Waals surface area contributed by atoms with E-state index in [9.17, 15) is 0 Å². The first-order chi connectivity index (χ1) is 3.72. The maximum atomic E-state index is 3.48. The molecule has 1 aromatic heterocycles. The topological polar surface area (TPSA) is 0 Å². The van der Waals surface area contributed by atoms with Gasteiger partial charge in [-0.2, -0.15) is 0 Å². The molecule has 8 heavy (non-hydrogen) atoms. The highest BCUT2D eigenvalue weighted by atomic mass is 79.9. The Morgan fingerprint density at radius 2 is 2.12 bits per heavy atom. The Labute approximate surface area is 59.1 Å². The van der Waals surface area contributed by atoms with Gasteiger partial charge in [-0.1, -0.05) is 6.07 Å². The van der Waals surface area contributed by atoms with Crippen molar-refractivity contribution in [2.75, 3.05) is 0 Å². The van der Waals surface area contributed by atoms with Gasteiger partial charge in [0.1, 0.15) is 0 Å². The molecular formula is C6H8BrP. The molecular weight excluding hydrogens is 183 g/mol. The first kappa shape index (κ1) is 6.38. The molecule has 0 spiro atoms. The van der Waals surface area contributed by atoms with Crippen molar-refractivity contribution in [3.8, 4) is 0 Å². The summed E-state index contributed by atoms with van der Waals surface area (Å²) in [6.07, 6.45) is 0. The lowest BCUT2D eigenvalue weighted by Gasteiger charge is -1.88. The van der Waals surface area contributed by atoms with Crippen LogP contribution < -0.4 is 0 Å². The number of hydrogen-bond donors (Lipinski definition) is 0. The molecule has 0 amide bonds. The van der Waals surface area contributed by atoms with Crippen molar-refractivity contribution in [2.45, 2.75) is 6.92 Å². The van der Waals surface area contributed by atoms with Crippen molar-refractivity contribution in [1.82, 2.24) is 0 Å². The molecule has 0 N–H and O–H groups in total. The fourth-order valence-corrected chi connectivity index (χ4v) is 2.49. The van der Waals surface area contributed by atoms with Crippen molar-refractivity contribution in [3.05, 3.63) is 21.6 Å². The van der Waals surface area contributed by atoms with Gasteiger partial charge in [-0.05, 0) is 40.9 Å². The Bertz CT molecular complexity index is 171. The van der Waals surface area contributed by atoms with Gasteiger partial charge in [0, 0.05) is 4.20 Å². The Balaban J connectivity index is 3.19. The minimum Gasteiger partial charge on any atom is -0.110 e. The molecule has 1 unspecified atom stereocenters. The maximum Gasteiger partial charge on any atom is 0.0367 e. The van der Waals surface area contributed by atoms with Crippen LogP contribution in [0.25, 0.3) is 0 Å². The minimum atomic E-state index is 0.0514. The molecule has 1 heterocycles. The summed E-state index contributed by atoms with van der Waals surface area (Å²) in [5.41, 5.74) is 0. The summed E-state index contributed by atoms with van der Waals surface area (Å²) < 4.78 is 1.37. The third kappa shape index (κ3) is 0.985. The quantitative estimate of drug-likeness (QED) is 0.590. The fraction of sp³-hybridized carbons (Fsp3) is 0.333. The monoisotopic (exact) mass is 190 g/mol. The molecule has 0 bridgehead atoms. The van der Waals surface area contributed by atoms with Crippen molar-refractivity contribution in [1.29, 1.82) is 0 Å². The second kappa shape index (κ2) is 2.24. The van der Waals surface area contributed by atoms with Crippen LogP contribution in [0.15, 0.2) is 16.3 Å². The van der Waals surface area contributed by atoms with Gasteiger partial charge in [-0.25, -0.2) is 0 Å². The molecule has 0 aliphatic rings. The van der Waals surface area contributed by atoms with Gasteiger partial charge >= 0.3 is 0 Å². The fourth-order valence-electron chi connectivity index (χ4n) is 0.581. The molecule has 0 aromatic carbocycles. The third-order valence-corrected chi connectivity index (χ3v) is 5.17. The van der Waals surface area contributed by atoms with Gasteiger partial charge in [-0.3, -0.25) is 0 Å². The molecule has 1 aromatic rings. The van der Waals surface area contributed by atoms with E-state index in [0.29, 0.717) is 0 Å². The largest absolute Gasteiger partial charge is 0.110 e. The van der Waals surface area contributed by atoms with Crippen LogP contribution in [0.5, 0.6) is 0 Å². The van der Waals surface area contributed by atoms with E-state index in [1.165, 1.54) is 9.50 Å². The lowest BCUT2D eigenvalue weighted by atomic mass is 10.5. The zero-order valence-corrected chi connectivity index (χ0v) is 7.46. The van der Waals surface area contributed by atoms with Gasteiger partial charge in [0.05, 0.1) is 0 Å². The highest BCUT2D eigenvalue weighted by molar-refractivity contribution is 9.11. The molecule has 0 saturated heterocycles. The predicted octanol–water partition coefficient (Wildman–Crippen LogP) is 3.28. The molecule has 0 fully saturated rings. The molecule has 0 aliphatic carbocycles. The van der Waals surface area contributed by atoms with Crippen LogP contribution in [0.3, 0.4) is 0 Å². The highest BCUT2D eigenvalue weighted by Gasteiger charge is 1.95. The standard InChI is InChI=1S/C6H8BrP/c1-5-3-4-6(7)8(5)2/h3-4H,1-2H3. The summed E-state index contributed by atoms with van der Waals surface area (Å²) in [6, 6.07) is 4.32. The van der Waals surface area contributed by atoms with E-state index < -0.39 is 0 Å². The second-order valence-corrected chi connectivity index (χ2v) is 5.63. The van der Waals surface area contributed by atoms with Gasteiger partial charge in [-0.15, -0.1) is 7.53 Å². The number of hydrogen-bond acceptors (Lipinski definition) is 0. The smallest absolute Gasteiger partial charge is 0.0367 e. The normalized spacial score (nSPS) is 12.1. The Morgan fingerprint density at radius 3 is 2.25 bits per heavy atom. The Hall–Kier alpha value is 0.260. The van der Waals surface area contributed by atoms with E-state index in [4.69, 9.17) is 0 Å². The maximum absolute atomic E-state index is 3.48. The summed E-state index contributed by atoms with van der Waals surface area (Å²) in [6.45, 7) is 4.44. The van der Waals surface area contributed by atoms with Crippen LogP contribution in [-0.4, -0.2) is 0 Å². The summed E-state index contributed by atoms with van der Waals surface area (Å²) in [5, 5.41) is 1.51. The zero-order chi connectivity index (χ0) is 6.15. The SMILES string of the molecule is Cc1ccc(Br)p1C. The number of rotatable bonds is 0. The van der Waals surface area contributed by atoms with E-state index in [1.54, 1.807) is 0 Å². The summed E-state index contributed by atoms with van der Waals surface area (Å²) >= 11 is 3.48. The average molecular weight is 191 g/mol. The van der Waals surface area contributed by atoms with Gasteiger partial charge in [0.15, 0.2) is 0 Å². The lowest BCUT2D eigenvalue weighted by molar-refractivity contribution is 1.63. The lowest BCUT2D eigenvalue weighted by Crippen LogP contribution is -1.50. The van der Waals surface area contributed by atoms with Crippen LogP contribution in [-0.2, 0) is 6.66 Å². The van der Waals surface area contributed by atoms with E-state index >= 15 is 0 Å². The molecule has 44 valence electrons. The van der Waals surface area contributed by atoms with Crippen LogP contribution in [0.1, 0.15) is 5.30 Å². The van der Waals surface area contributed by atoms with Crippen LogP contribution in [0, 0.1) is 6.92 Å². The molecule has 0 saturated carbocycles. The Kier molecular flexibility index (Phi) is 1.79. The van der Waals surface area contributed by atoms with Gasteiger partial charge in [0.25, 0.3) is 0 Å². The molecule has 2 heteroatoms. The second-order valence-electron chi connectivity index (χ2n) is 1.86. The van der Waals surface area contributed by atoms with E-state index in [-0.39, 0.29) is 7.53 Å². The van der Waals surface area contributed by atoms with Gasteiger partial charge < -0.3 is 0 Å². The number of aryl methyl sites for hydroxylation is 1. The van der Waals surface area contributed by atoms with E-state index in [0.717, 1.165) is 0 Å². The third-order valence-electron chi connectivity index (χ3n) is 1.31. The highest BCUT2D eigenvalue weighted by Crippen LogP contribution is 2.39. The molecule has 0 aliphatic heterocycles. The van der Waals surface area contributed by atoms with Crippen LogP contribution >= 0.6 is 23.5 Å². The average Bonchev–Trinajstić information content (AvgIpc) is 1.98. The molecule has 1 rings (SSSR count). The Morgan fingerprint density at radius 1 is 1.50 bits per heavy atom. The van der Waals surface area contributed by atoms with Crippen molar-refractivity contribution in [2.24, 2.45) is 6.66 Å². The minimum absolute atomic E-state index is 0.0514. The van der Waals surface area contributed by atoms with E-state index in [1.807, 2.05) is 0 Å². The molecule has 1 atom stereocenters. The zero-order valence-electron chi connectivity index (χ0n) is 4.98. The van der Waals surface area contributed by atoms with Crippen LogP contribution in [0.4, 0.5) is 0 Å². The summed E-state index contributed by atoms with van der Waals surface area (Å²) in [7, 11) is 0.0514. The number of halogens is 1. The van der Waals surface area contributed by atoms with Crippen LogP contribution in [0.2, 0.25) is 0 Å². The summed E-state index contributed by atoms with van der Waals surface area (Å²) in [4.78, 5) is 0. The van der Waals surface area contributed by atoms with Crippen molar-refractivity contribution < 1.29 is 0 Å². The molecule has 0 nitrogen and oxygen atoms in total. The summed E-state index contributed by atoms with van der Waals surface area (Å²) in [5.74, 6) is 0. The van der Waals surface area contributed by atoms with Crippen molar-refractivity contribution in [3.63, 3.8) is 0 Å². The van der Waals surface area contributed by atoms with Crippen molar-refractivity contribution >= 4 is 23.5 Å².